The van der Waals surface area contributed by atoms with Gasteiger partial charge in [0.05, 0.1) is 16.1 Å². The van der Waals surface area contributed by atoms with Crippen LogP contribution in [-0.2, 0) is 11.0 Å². The molecule has 0 atom stereocenters. The molecule has 0 bridgehead atoms. The zero-order chi connectivity index (χ0) is 20.3. The molecule has 0 unspecified atom stereocenters. The fourth-order valence-electron chi connectivity index (χ4n) is 3.38. The van der Waals surface area contributed by atoms with Gasteiger partial charge in [-0.25, -0.2) is 0 Å². The van der Waals surface area contributed by atoms with Gasteiger partial charge in [-0.15, -0.1) is 11.3 Å². The van der Waals surface area contributed by atoms with E-state index < -0.39 is 30.1 Å². The fourth-order valence-corrected chi connectivity index (χ4v) is 4.20. The zero-order valence-corrected chi connectivity index (χ0v) is 16.2. The molecule has 1 heterocycles. The monoisotopic (exact) mass is 410 g/mol. The van der Waals surface area contributed by atoms with Crippen molar-refractivity contribution < 1.29 is 22.8 Å². The van der Waals surface area contributed by atoms with Gasteiger partial charge in [-0.2, -0.15) is 13.2 Å². The standard InChI is InChI=1S/C20H21F3N2O2S/c1-13-10-11-17(28-13)19(27)25(12-18(26)24-14-6-2-3-7-14)16-9-5-4-8-15(16)20(21,22)23/h4-5,8-11,14H,2-3,6-7,12H2,1H3,(H,24,26). The summed E-state index contributed by atoms with van der Waals surface area (Å²) in [7, 11) is 0. The predicted molar refractivity (Wildman–Crippen MR) is 103 cm³/mol. The number of rotatable bonds is 5. The van der Waals surface area contributed by atoms with Gasteiger partial charge in [0.1, 0.15) is 6.54 Å². The summed E-state index contributed by atoms with van der Waals surface area (Å²) in [6.07, 6.45) is -0.910. The molecule has 1 N–H and O–H groups in total. The van der Waals surface area contributed by atoms with Crippen LogP contribution in [0.5, 0.6) is 0 Å². The third kappa shape index (κ3) is 4.73. The number of benzene rings is 1. The highest BCUT2D eigenvalue weighted by molar-refractivity contribution is 7.14. The Bertz CT molecular complexity index is 857. The van der Waals surface area contributed by atoms with Crippen LogP contribution in [0.2, 0.25) is 0 Å². The van der Waals surface area contributed by atoms with E-state index in [1.54, 1.807) is 12.1 Å². The van der Waals surface area contributed by atoms with Gasteiger partial charge in [-0.05, 0) is 44.0 Å². The summed E-state index contributed by atoms with van der Waals surface area (Å²) in [4.78, 5) is 27.6. The van der Waals surface area contributed by atoms with Crippen LogP contribution in [0.15, 0.2) is 36.4 Å². The molecule has 2 amide bonds. The first-order chi connectivity index (χ1) is 13.3. The average Bonchev–Trinajstić information content (AvgIpc) is 3.30. The second kappa shape index (κ2) is 8.34. The Morgan fingerprint density at radius 2 is 1.82 bits per heavy atom. The van der Waals surface area contributed by atoms with Gasteiger partial charge in [0.15, 0.2) is 0 Å². The van der Waals surface area contributed by atoms with Gasteiger partial charge in [-0.3, -0.25) is 14.5 Å². The Morgan fingerprint density at radius 1 is 1.14 bits per heavy atom. The van der Waals surface area contributed by atoms with Crippen LogP contribution < -0.4 is 10.2 Å². The van der Waals surface area contributed by atoms with Crippen molar-refractivity contribution in [1.29, 1.82) is 0 Å². The van der Waals surface area contributed by atoms with E-state index in [0.717, 1.165) is 41.5 Å². The second-order valence-electron chi connectivity index (χ2n) is 6.87. The minimum atomic E-state index is -4.64. The van der Waals surface area contributed by atoms with Crippen molar-refractivity contribution in [2.45, 2.75) is 44.8 Å². The largest absolute Gasteiger partial charge is 0.418 e. The number of para-hydroxylation sites is 1. The summed E-state index contributed by atoms with van der Waals surface area (Å²) in [6, 6.07) is 8.16. The number of amides is 2. The highest BCUT2D eigenvalue weighted by Gasteiger charge is 2.36. The molecule has 1 aromatic heterocycles. The Morgan fingerprint density at radius 3 is 2.43 bits per heavy atom. The summed E-state index contributed by atoms with van der Waals surface area (Å²) >= 11 is 1.19. The number of alkyl halides is 3. The van der Waals surface area contributed by atoms with Crippen molar-refractivity contribution >= 4 is 28.8 Å². The topological polar surface area (TPSA) is 49.4 Å². The smallest absolute Gasteiger partial charge is 0.352 e. The van der Waals surface area contributed by atoms with Crippen LogP contribution in [0.3, 0.4) is 0 Å². The Labute approximate surface area is 165 Å². The summed E-state index contributed by atoms with van der Waals surface area (Å²) < 4.78 is 40.5. The number of aryl methyl sites for hydroxylation is 1. The number of carbonyl (C=O) groups excluding carboxylic acids is 2. The van der Waals surface area contributed by atoms with E-state index in [2.05, 4.69) is 5.32 Å². The normalized spacial score (nSPS) is 14.9. The highest BCUT2D eigenvalue weighted by Crippen LogP contribution is 2.37. The van der Waals surface area contributed by atoms with Crippen LogP contribution in [0.1, 0.15) is 45.8 Å². The van der Waals surface area contributed by atoms with Crippen LogP contribution in [-0.4, -0.2) is 24.4 Å². The molecule has 28 heavy (non-hydrogen) atoms. The molecule has 150 valence electrons. The Balaban J connectivity index is 1.93. The lowest BCUT2D eigenvalue weighted by Gasteiger charge is -2.26. The molecule has 1 aliphatic carbocycles. The quantitative estimate of drug-likeness (QED) is 0.771. The molecule has 8 heteroatoms. The van der Waals surface area contributed by atoms with Crippen molar-refractivity contribution in [3.63, 3.8) is 0 Å². The lowest BCUT2D eigenvalue weighted by molar-refractivity contribution is -0.137. The van der Waals surface area contributed by atoms with Crippen molar-refractivity contribution in [3.8, 4) is 0 Å². The van der Waals surface area contributed by atoms with E-state index in [1.807, 2.05) is 6.92 Å². The second-order valence-corrected chi connectivity index (χ2v) is 8.15. The van der Waals surface area contributed by atoms with Gasteiger partial charge in [0.25, 0.3) is 5.91 Å². The molecule has 1 aromatic carbocycles. The van der Waals surface area contributed by atoms with E-state index in [1.165, 1.54) is 29.5 Å². The molecule has 0 radical (unpaired) electrons. The van der Waals surface area contributed by atoms with E-state index in [0.29, 0.717) is 4.88 Å². The minimum absolute atomic E-state index is 0.0197. The van der Waals surface area contributed by atoms with Crippen molar-refractivity contribution in [2.24, 2.45) is 0 Å². The van der Waals surface area contributed by atoms with Gasteiger partial charge in [-0.1, -0.05) is 25.0 Å². The maximum absolute atomic E-state index is 13.5. The number of nitrogens with zero attached hydrogens (tertiary/aromatic N) is 1. The number of hydrogen-bond acceptors (Lipinski definition) is 3. The lowest BCUT2D eigenvalue weighted by atomic mass is 10.1. The average molecular weight is 410 g/mol. The van der Waals surface area contributed by atoms with E-state index in [9.17, 15) is 22.8 Å². The number of hydrogen-bond donors (Lipinski definition) is 1. The summed E-state index contributed by atoms with van der Waals surface area (Å²) in [5, 5.41) is 2.84. The van der Waals surface area contributed by atoms with Crippen LogP contribution >= 0.6 is 11.3 Å². The molecule has 0 saturated heterocycles. The molecule has 0 spiro atoms. The summed E-state index contributed by atoms with van der Waals surface area (Å²) in [5.74, 6) is -1.07. The molecule has 3 rings (SSSR count). The van der Waals surface area contributed by atoms with Gasteiger partial charge in [0, 0.05) is 10.9 Å². The van der Waals surface area contributed by atoms with Crippen molar-refractivity contribution in [1.82, 2.24) is 5.32 Å². The molecular weight excluding hydrogens is 389 g/mol. The third-order valence-electron chi connectivity index (χ3n) is 4.72. The maximum atomic E-state index is 13.5. The molecular formula is C20H21F3N2O2S. The molecule has 1 saturated carbocycles. The van der Waals surface area contributed by atoms with Gasteiger partial charge in [0.2, 0.25) is 5.91 Å². The number of thiophene rings is 1. The van der Waals surface area contributed by atoms with E-state index in [-0.39, 0.29) is 11.7 Å². The lowest BCUT2D eigenvalue weighted by Crippen LogP contribution is -2.44. The molecule has 4 nitrogen and oxygen atoms in total. The van der Waals surface area contributed by atoms with Crippen molar-refractivity contribution in [2.75, 3.05) is 11.4 Å². The van der Waals surface area contributed by atoms with Gasteiger partial charge < -0.3 is 5.32 Å². The van der Waals surface area contributed by atoms with Crippen molar-refractivity contribution in [3.05, 3.63) is 51.7 Å². The Kier molecular flexibility index (Phi) is 6.07. The number of nitrogens with one attached hydrogen (secondary N) is 1. The molecule has 0 aliphatic heterocycles. The zero-order valence-electron chi connectivity index (χ0n) is 15.4. The van der Waals surface area contributed by atoms with Crippen LogP contribution in [0.4, 0.5) is 18.9 Å². The van der Waals surface area contributed by atoms with E-state index >= 15 is 0 Å². The minimum Gasteiger partial charge on any atom is -0.352 e. The van der Waals surface area contributed by atoms with Crippen LogP contribution in [0, 0.1) is 6.92 Å². The Hall–Kier alpha value is -2.35. The summed E-state index contributed by atoms with van der Waals surface area (Å²) in [5.41, 5.74) is -1.25. The highest BCUT2D eigenvalue weighted by atomic mass is 32.1. The fraction of sp³-hybridized carbons (Fsp3) is 0.400. The van der Waals surface area contributed by atoms with Crippen LogP contribution in [0.25, 0.3) is 0 Å². The maximum Gasteiger partial charge on any atom is 0.418 e. The molecule has 1 aliphatic rings. The summed E-state index contributed by atoms with van der Waals surface area (Å²) in [6.45, 7) is 1.35. The first-order valence-electron chi connectivity index (χ1n) is 9.09. The number of carbonyl (C=O) groups is 2. The third-order valence-corrected chi connectivity index (χ3v) is 5.71. The van der Waals surface area contributed by atoms with E-state index in [4.69, 9.17) is 0 Å². The first-order valence-corrected chi connectivity index (χ1v) is 9.91. The number of halogens is 3. The predicted octanol–water partition coefficient (Wildman–Crippen LogP) is 4.78. The SMILES string of the molecule is Cc1ccc(C(=O)N(CC(=O)NC2CCCC2)c2ccccc2C(F)(F)F)s1. The van der Waals surface area contributed by atoms with Gasteiger partial charge >= 0.3 is 6.18 Å². The first kappa shape index (κ1) is 20.4. The molecule has 2 aromatic rings. The number of anilines is 1. The molecule has 1 fully saturated rings.